The Morgan fingerprint density at radius 3 is 1.64 bits per heavy atom. The molecular weight excluding hydrogens is 136 g/mol. The summed E-state index contributed by atoms with van der Waals surface area (Å²) in [6.07, 6.45) is 4.66. The van der Waals surface area contributed by atoms with Crippen LogP contribution in [-0.4, -0.2) is 6.61 Å². The van der Waals surface area contributed by atoms with Crippen molar-refractivity contribution in [1.82, 2.24) is 0 Å². The van der Waals surface area contributed by atoms with Gasteiger partial charge >= 0.3 is 0 Å². The zero-order valence-corrected chi connectivity index (χ0v) is 8.10. The van der Waals surface area contributed by atoms with Gasteiger partial charge in [0.05, 0.1) is 6.61 Å². The number of hydrogen-bond donors (Lipinski definition) is 0. The van der Waals surface area contributed by atoms with Gasteiger partial charge in [0, 0.05) is 0 Å². The Hall–Kier alpha value is -0.0400. The van der Waals surface area contributed by atoms with E-state index in [1.54, 1.807) is 0 Å². The van der Waals surface area contributed by atoms with Gasteiger partial charge in [-0.05, 0) is 18.3 Å². The molecule has 0 aliphatic heterocycles. The summed E-state index contributed by atoms with van der Waals surface area (Å²) in [4.78, 5) is 0. The van der Waals surface area contributed by atoms with E-state index in [9.17, 15) is 5.11 Å². The Kier molecular flexibility index (Phi) is 6.63. The monoisotopic (exact) mass is 157 g/mol. The minimum atomic E-state index is 0.118. The van der Waals surface area contributed by atoms with E-state index in [0.717, 1.165) is 18.8 Å². The molecule has 0 rings (SSSR count). The summed E-state index contributed by atoms with van der Waals surface area (Å²) < 4.78 is 0. The van der Waals surface area contributed by atoms with Crippen molar-refractivity contribution in [2.45, 2.75) is 46.5 Å². The van der Waals surface area contributed by atoms with Crippen molar-refractivity contribution in [1.29, 1.82) is 0 Å². The smallest absolute Gasteiger partial charge is 0.0850 e. The molecule has 0 spiro atoms. The molecule has 0 heterocycles. The van der Waals surface area contributed by atoms with Crippen LogP contribution >= 0.6 is 0 Å². The van der Waals surface area contributed by atoms with Crippen LogP contribution in [0.25, 0.3) is 0 Å². The third-order valence-electron chi connectivity index (χ3n) is 2.63. The van der Waals surface area contributed by atoms with Gasteiger partial charge in [-0.15, -0.1) is 0 Å². The van der Waals surface area contributed by atoms with Crippen LogP contribution in [0.5, 0.6) is 0 Å². The number of rotatable bonds is 6. The maximum absolute atomic E-state index is 10.6. The van der Waals surface area contributed by atoms with Crippen LogP contribution in [0.2, 0.25) is 0 Å². The maximum atomic E-state index is 10.6. The zero-order valence-electron chi connectivity index (χ0n) is 8.10. The van der Waals surface area contributed by atoms with Crippen molar-refractivity contribution in [3.05, 3.63) is 0 Å². The fraction of sp³-hybridized carbons (Fsp3) is 1.00. The number of hydrogen-bond acceptors (Lipinski definition) is 0. The second-order valence-electron chi connectivity index (χ2n) is 3.36. The molecule has 0 fully saturated rings. The lowest BCUT2D eigenvalue weighted by Gasteiger charge is -2.17. The lowest BCUT2D eigenvalue weighted by Crippen LogP contribution is -2.10. The Labute approximate surface area is 70.8 Å². The fourth-order valence-electron chi connectivity index (χ4n) is 1.45. The average molecular weight is 157 g/mol. The quantitative estimate of drug-likeness (QED) is 0.564. The first-order valence-corrected chi connectivity index (χ1v) is 4.86. The standard InChI is InChI=1S/C10H21O/c1-4-9(5-2)7-10(6-3)8-11/h9-10H,4-8H2,1-3H3. The third-order valence-corrected chi connectivity index (χ3v) is 2.63. The van der Waals surface area contributed by atoms with Gasteiger partial charge in [-0.1, -0.05) is 40.0 Å². The Morgan fingerprint density at radius 1 is 0.909 bits per heavy atom. The molecule has 67 valence electrons. The molecule has 0 saturated carbocycles. The summed E-state index contributed by atoms with van der Waals surface area (Å²) in [6.45, 7) is 6.66. The molecule has 11 heavy (non-hydrogen) atoms. The van der Waals surface area contributed by atoms with E-state index in [-0.39, 0.29) is 6.61 Å². The van der Waals surface area contributed by atoms with E-state index >= 15 is 0 Å². The lowest BCUT2D eigenvalue weighted by molar-refractivity contribution is 0.125. The van der Waals surface area contributed by atoms with Crippen LogP contribution in [0.15, 0.2) is 0 Å². The Bertz CT molecular complexity index is 62.9. The second kappa shape index (κ2) is 6.66. The fourth-order valence-corrected chi connectivity index (χ4v) is 1.45. The molecule has 1 nitrogen and oxygen atoms in total. The van der Waals surface area contributed by atoms with Gasteiger partial charge in [-0.3, -0.25) is 0 Å². The van der Waals surface area contributed by atoms with Crippen molar-refractivity contribution >= 4 is 0 Å². The molecule has 0 N–H and O–H groups in total. The molecular formula is C10H21O. The molecule has 0 saturated heterocycles. The van der Waals surface area contributed by atoms with E-state index in [1.807, 2.05) is 0 Å². The van der Waals surface area contributed by atoms with Crippen molar-refractivity contribution in [2.24, 2.45) is 11.8 Å². The Morgan fingerprint density at radius 2 is 1.36 bits per heavy atom. The van der Waals surface area contributed by atoms with Gasteiger partial charge in [0.1, 0.15) is 0 Å². The molecule has 0 amide bonds. The molecule has 0 aromatic rings. The van der Waals surface area contributed by atoms with Crippen molar-refractivity contribution in [2.75, 3.05) is 6.61 Å². The summed E-state index contributed by atoms with van der Waals surface area (Å²) in [6, 6.07) is 0. The highest BCUT2D eigenvalue weighted by atomic mass is 16.3. The normalized spacial score (nSPS) is 13.9. The zero-order chi connectivity index (χ0) is 8.69. The summed E-state index contributed by atoms with van der Waals surface area (Å²) in [5, 5.41) is 10.6. The minimum Gasteiger partial charge on any atom is -0.236 e. The Balaban J connectivity index is 3.58. The van der Waals surface area contributed by atoms with Gasteiger partial charge in [0.2, 0.25) is 0 Å². The summed E-state index contributed by atoms with van der Waals surface area (Å²) >= 11 is 0. The third kappa shape index (κ3) is 4.41. The summed E-state index contributed by atoms with van der Waals surface area (Å²) in [5.41, 5.74) is 0. The molecule has 0 aliphatic carbocycles. The largest absolute Gasteiger partial charge is 0.236 e. The van der Waals surface area contributed by atoms with Gasteiger partial charge < -0.3 is 0 Å². The van der Waals surface area contributed by atoms with Crippen molar-refractivity contribution < 1.29 is 5.11 Å². The highest BCUT2D eigenvalue weighted by Crippen LogP contribution is 2.20. The maximum Gasteiger partial charge on any atom is 0.0850 e. The highest BCUT2D eigenvalue weighted by molar-refractivity contribution is 4.62. The van der Waals surface area contributed by atoms with Crippen LogP contribution in [-0.2, 0) is 5.11 Å². The first-order chi connectivity index (χ1) is 5.28. The average Bonchev–Trinajstić information content (AvgIpc) is 2.07. The predicted octanol–water partition coefficient (Wildman–Crippen LogP) is 3.27. The van der Waals surface area contributed by atoms with Crippen LogP contribution in [0.1, 0.15) is 46.5 Å². The van der Waals surface area contributed by atoms with E-state index < -0.39 is 0 Å². The second-order valence-corrected chi connectivity index (χ2v) is 3.36. The minimum absolute atomic E-state index is 0.118. The molecule has 1 unspecified atom stereocenters. The molecule has 1 radical (unpaired) electrons. The summed E-state index contributed by atoms with van der Waals surface area (Å²) in [5.74, 6) is 1.22. The topological polar surface area (TPSA) is 19.9 Å². The van der Waals surface area contributed by atoms with Gasteiger partial charge in [0.25, 0.3) is 0 Å². The predicted molar refractivity (Wildman–Crippen MR) is 48.0 cm³/mol. The van der Waals surface area contributed by atoms with E-state index in [2.05, 4.69) is 20.8 Å². The highest BCUT2D eigenvalue weighted by Gasteiger charge is 2.11. The van der Waals surface area contributed by atoms with Crippen LogP contribution in [0.3, 0.4) is 0 Å². The summed E-state index contributed by atoms with van der Waals surface area (Å²) in [7, 11) is 0. The van der Waals surface area contributed by atoms with Gasteiger partial charge in [0.15, 0.2) is 0 Å². The molecule has 0 aromatic heterocycles. The van der Waals surface area contributed by atoms with Crippen LogP contribution in [0.4, 0.5) is 0 Å². The van der Waals surface area contributed by atoms with E-state index in [1.165, 1.54) is 12.8 Å². The van der Waals surface area contributed by atoms with Crippen molar-refractivity contribution in [3.8, 4) is 0 Å². The van der Waals surface area contributed by atoms with Gasteiger partial charge in [-0.25, -0.2) is 5.11 Å². The van der Waals surface area contributed by atoms with Crippen LogP contribution < -0.4 is 0 Å². The first-order valence-electron chi connectivity index (χ1n) is 4.86. The molecule has 0 aromatic carbocycles. The van der Waals surface area contributed by atoms with Crippen LogP contribution in [0, 0.1) is 11.8 Å². The molecule has 1 atom stereocenters. The lowest BCUT2D eigenvalue weighted by atomic mass is 9.90. The van der Waals surface area contributed by atoms with Gasteiger partial charge in [-0.2, -0.15) is 0 Å². The van der Waals surface area contributed by atoms with E-state index in [4.69, 9.17) is 0 Å². The first kappa shape index (κ1) is 11.0. The molecule has 1 heteroatoms. The molecule has 0 bridgehead atoms. The SMILES string of the molecule is CCC(CC)CC(CC)C[O]. The van der Waals surface area contributed by atoms with Crippen molar-refractivity contribution in [3.63, 3.8) is 0 Å². The molecule has 0 aliphatic rings. The van der Waals surface area contributed by atoms with E-state index in [0.29, 0.717) is 5.92 Å².